The number of rotatable bonds is 14. The molecule has 132 valence electrons. The summed E-state index contributed by atoms with van der Waals surface area (Å²) in [5.41, 5.74) is 0.0494. The van der Waals surface area contributed by atoms with Crippen LogP contribution < -0.4 is 0 Å². The Hall–Kier alpha value is -0.0800. The fraction of sp³-hybridized carbons (Fsp3) is 1.00. The van der Waals surface area contributed by atoms with Crippen LogP contribution in [0.25, 0.3) is 0 Å². The van der Waals surface area contributed by atoms with Crippen molar-refractivity contribution in [3.05, 3.63) is 0 Å². The van der Waals surface area contributed by atoms with E-state index in [4.69, 9.17) is 9.47 Å². The fourth-order valence-electron chi connectivity index (χ4n) is 3.49. The molecular formula is C20H40O2. The van der Waals surface area contributed by atoms with E-state index in [0.29, 0.717) is 0 Å². The monoisotopic (exact) mass is 312 g/mol. The predicted octanol–water partition coefficient (Wildman–Crippen LogP) is 6.27. The predicted molar refractivity (Wildman–Crippen MR) is 95.5 cm³/mol. The fourth-order valence-corrected chi connectivity index (χ4v) is 3.49. The van der Waals surface area contributed by atoms with Crippen molar-refractivity contribution in [3.8, 4) is 0 Å². The second kappa shape index (κ2) is 13.4. The first-order valence-electron chi connectivity index (χ1n) is 10.0. The van der Waals surface area contributed by atoms with E-state index in [1.807, 2.05) is 0 Å². The molecule has 0 saturated carbocycles. The largest absolute Gasteiger partial charge is 0.376 e. The van der Waals surface area contributed by atoms with Gasteiger partial charge in [0.15, 0.2) is 0 Å². The average Bonchev–Trinajstić information content (AvgIpc) is 2.55. The lowest BCUT2D eigenvalue weighted by atomic mass is 9.89. The van der Waals surface area contributed by atoms with Gasteiger partial charge in [0.05, 0.1) is 25.4 Å². The summed E-state index contributed by atoms with van der Waals surface area (Å²) >= 11 is 0. The summed E-state index contributed by atoms with van der Waals surface area (Å²) in [7, 11) is 0. The van der Waals surface area contributed by atoms with Gasteiger partial charge in [-0.05, 0) is 12.8 Å². The second-order valence-electron chi connectivity index (χ2n) is 7.12. The van der Waals surface area contributed by atoms with Gasteiger partial charge >= 0.3 is 0 Å². The molecule has 1 saturated heterocycles. The van der Waals surface area contributed by atoms with Crippen LogP contribution in [0.4, 0.5) is 0 Å². The van der Waals surface area contributed by atoms with E-state index < -0.39 is 0 Å². The molecule has 22 heavy (non-hydrogen) atoms. The van der Waals surface area contributed by atoms with Gasteiger partial charge < -0.3 is 9.47 Å². The maximum atomic E-state index is 6.20. The van der Waals surface area contributed by atoms with Gasteiger partial charge in [-0.1, -0.05) is 90.9 Å². The van der Waals surface area contributed by atoms with Crippen LogP contribution in [0.5, 0.6) is 0 Å². The van der Waals surface area contributed by atoms with Gasteiger partial charge in [-0.25, -0.2) is 0 Å². The van der Waals surface area contributed by atoms with Crippen LogP contribution in [0.1, 0.15) is 104 Å². The van der Waals surface area contributed by atoms with Crippen LogP contribution in [-0.4, -0.2) is 25.4 Å². The second-order valence-corrected chi connectivity index (χ2v) is 7.12. The molecular weight excluding hydrogens is 272 g/mol. The molecule has 0 aromatic rings. The van der Waals surface area contributed by atoms with Crippen molar-refractivity contribution in [2.45, 2.75) is 109 Å². The molecule has 0 aromatic heterocycles. The maximum Gasteiger partial charge on any atom is 0.0916 e. The molecule has 0 unspecified atom stereocenters. The first-order chi connectivity index (χ1) is 10.8. The molecule has 0 spiro atoms. The van der Waals surface area contributed by atoms with E-state index in [1.54, 1.807) is 0 Å². The van der Waals surface area contributed by atoms with Crippen LogP contribution in [0, 0.1) is 0 Å². The first kappa shape index (κ1) is 20.0. The lowest BCUT2D eigenvalue weighted by Gasteiger charge is -2.37. The molecule has 2 nitrogen and oxygen atoms in total. The van der Waals surface area contributed by atoms with E-state index in [2.05, 4.69) is 13.8 Å². The highest BCUT2D eigenvalue weighted by atomic mass is 16.6. The zero-order valence-corrected chi connectivity index (χ0v) is 15.3. The quantitative estimate of drug-likeness (QED) is 0.352. The third-order valence-corrected chi connectivity index (χ3v) is 4.97. The van der Waals surface area contributed by atoms with Gasteiger partial charge in [0, 0.05) is 0 Å². The van der Waals surface area contributed by atoms with Crippen LogP contribution in [-0.2, 0) is 9.47 Å². The van der Waals surface area contributed by atoms with Crippen molar-refractivity contribution in [1.29, 1.82) is 0 Å². The van der Waals surface area contributed by atoms with Gasteiger partial charge in [-0.15, -0.1) is 0 Å². The van der Waals surface area contributed by atoms with Crippen molar-refractivity contribution in [2.75, 3.05) is 19.8 Å². The van der Waals surface area contributed by atoms with Crippen molar-refractivity contribution in [2.24, 2.45) is 0 Å². The minimum Gasteiger partial charge on any atom is -0.376 e. The SMILES string of the molecule is CCCCCCCCC1(CCCCCCCC)COCCO1. The Bertz CT molecular complexity index is 216. The van der Waals surface area contributed by atoms with E-state index in [0.717, 1.165) is 19.8 Å². The van der Waals surface area contributed by atoms with Gasteiger partial charge in [-0.2, -0.15) is 0 Å². The molecule has 0 N–H and O–H groups in total. The zero-order chi connectivity index (χ0) is 15.9. The van der Waals surface area contributed by atoms with Crippen molar-refractivity contribution < 1.29 is 9.47 Å². The van der Waals surface area contributed by atoms with E-state index in [9.17, 15) is 0 Å². The standard InChI is InChI=1S/C20H40O2/c1-3-5-7-9-11-13-15-20(19-21-17-18-22-20)16-14-12-10-8-6-4-2/h3-19H2,1-2H3. The topological polar surface area (TPSA) is 18.5 Å². The highest BCUT2D eigenvalue weighted by Gasteiger charge is 2.32. The Balaban J connectivity index is 2.17. The third-order valence-electron chi connectivity index (χ3n) is 4.97. The van der Waals surface area contributed by atoms with Crippen LogP contribution in [0.2, 0.25) is 0 Å². The number of hydrogen-bond acceptors (Lipinski definition) is 2. The zero-order valence-electron chi connectivity index (χ0n) is 15.3. The Kier molecular flexibility index (Phi) is 12.1. The van der Waals surface area contributed by atoms with Crippen LogP contribution in [0.3, 0.4) is 0 Å². The van der Waals surface area contributed by atoms with Gasteiger partial charge in [0.25, 0.3) is 0 Å². The van der Waals surface area contributed by atoms with Gasteiger partial charge in [0.2, 0.25) is 0 Å². The van der Waals surface area contributed by atoms with Crippen molar-refractivity contribution in [3.63, 3.8) is 0 Å². The lowest BCUT2D eigenvalue weighted by molar-refractivity contribution is -0.165. The molecule has 0 aliphatic carbocycles. The summed E-state index contributed by atoms with van der Waals surface area (Å²) in [4.78, 5) is 0. The first-order valence-corrected chi connectivity index (χ1v) is 10.0. The van der Waals surface area contributed by atoms with Gasteiger partial charge in [-0.3, -0.25) is 0 Å². The van der Waals surface area contributed by atoms with E-state index in [-0.39, 0.29) is 5.60 Å². The minimum absolute atomic E-state index is 0.0494. The molecule has 0 radical (unpaired) electrons. The summed E-state index contributed by atoms with van der Waals surface area (Å²) in [6.07, 6.45) is 18.8. The number of hydrogen-bond donors (Lipinski definition) is 0. The highest BCUT2D eigenvalue weighted by Crippen LogP contribution is 2.29. The highest BCUT2D eigenvalue weighted by molar-refractivity contribution is 4.83. The maximum absolute atomic E-state index is 6.20. The normalized spacial score (nSPS) is 17.7. The van der Waals surface area contributed by atoms with Crippen molar-refractivity contribution >= 4 is 0 Å². The molecule has 0 amide bonds. The molecule has 1 aliphatic rings. The molecule has 1 fully saturated rings. The Morgan fingerprint density at radius 3 is 1.59 bits per heavy atom. The Morgan fingerprint density at radius 2 is 1.14 bits per heavy atom. The molecule has 0 bridgehead atoms. The summed E-state index contributed by atoms with van der Waals surface area (Å²) in [5.74, 6) is 0. The molecule has 0 atom stereocenters. The summed E-state index contributed by atoms with van der Waals surface area (Å²) in [6, 6.07) is 0. The number of ether oxygens (including phenoxy) is 2. The van der Waals surface area contributed by atoms with E-state index >= 15 is 0 Å². The summed E-state index contributed by atoms with van der Waals surface area (Å²) in [5, 5.41) is 0. The molecule has 1 rings (SSSR count). The Labute approximate surface area is 139 Å². The third kappa shape index (κ3) is 9.15. The van der Waals surface area contributed by atoms with Gasteiger partial charge in [0.1, 0.15) is 0 Å². The Morgan fingerprint density at radius 1 is 0.636 bits per heavy atom. The molecule has 0 aromatic carbocycles. The summed E-state index contributed by atoms with van der Waals surface area (Å²) in [6.45, 7) is 6.97. The van der Waals surface area contributed by atoms with Crippen LogP contribution in [0.15, 0.2) is 0 Å². The van der Waals surface area contributed by atoms with Crippen LogP contribution >= 0.6 is 0 Å². The van der Waals surface area contributed by atoms with Crippen molar-refractivity contribution in [1.82, 2.24) is 0 Å². The summed E-state index contributed by atoms with van der Waals surface area (Å²) < 4.78 is 11.9. The molecule has 1 heterocycles. The minimum atomic E-state index is 0.0494. The number of unbranched alkanes of at least 4 members (excludes halogenated alkanes) is 10. The molecule has 1 aliphatic heterocycles. The molecule has 2 heteroatoms. The smallest absolute Gasteiger partial charge is 0.0916 e. The lowest BCUT2D eigenvalue weighted by Crippen LogP contribution is -2.43. The van der Waals surface area contributed by atoms with E-state index in [1.165, 1.54) is 89.9 Å². The average molecular weight is 313 g/mol.